The predicted octanol–water partition coefficient (Wildman–Crippen LogP) is 0.860. The van der Waals surface area contributed by atoms with Gasteiger partial charge in [0.25, 0.3) is 0 Å². The van der Waals surface area contributed by atoms with Gasteiger partial charge in [-0.1, -0.05) is 11.6 Å². The summed E-state index contributed by atoms with van der Waals surface area (Å²) in [6, 6.07) is 1.45. The SMILES string of the molecule is COC(=O)c1cc(Cl)n(C)n1. The Hall–Kier alpha value is -1.03. The molecule has 0 saturated carbocycles. The maximum atomic E-state index is 10.8. The molecule has 1 rings (SSSR count). The van der Waals surface area contributed by atoms with Crippen LogP contribution in [0.15, 0.2) is 6.07 Å². The van der Waals surface area contributed by atoms with Gasteiger partial charge in [0, 0.05) is 13.1 Å². The van der Waals surface area contributed by atoms with Crippen LogP contribution in [0.25, 0.3) is 0 Å². The number of carbonyl (C=O) groups excluding carboxylic acids is 1. The Morgan fingerprint density at radius 1 is 1.82 bits per heavy atom. The van der Waals surface area contributed by atoms with Crippen molar-refractivity contribution in [2.45, 2.75) is 0 Å². The summed E-state index contributed by atoms with van der Waals surface area (Å²) in [6.07, 6.45) is 0. The number of hydrogen-bond donors (Lipinski definition) is 0. The fourth-order valence-electron chi connectivity index (χ4n) is 0.649. The fraction of sp³-hybridized carbons (Fsp3) is 0.333. The topological polar surface area (TPSA) is 44.1 Å². The first kappa shape index (κ1) is 8.07. The first-order valence-corrected chi connectivity index (χ1v) is 3.31. The standard InChI is InChI=1S/C6H7ClN2O2/c1-9-5(7)3-4(8-9)6(10)11-2/h3H,1-2H3. The molecule has 0 aromatic carbocycles. The van der Waals surface area contributed by atoms with Gasteiger partial charge in [-0.3, -0.25) is 4.68 Å². The van der Waals surface area contributed by atoms with Crippen molar-refractivity contribution in [1.82, 2.24) is 9.78 Å². The summed E-state index contributed by atoms with van der Waals surface area (Å²) in [5.41, 5.74) is 0.222. The van der Waals surface area contributed by atoms with Gasteiger partial charge in [-0.15, -0.1) is 0 Å². The molecule has 0 spiro atoms. The molecule has 0 amide bonds. The van der Waals surface area contributed by atoms with Crippen LogP contribution >= 0.6 is 11.6 Å². The Labute approximate surface area is 68.7 Å². The Kier molecular flexibility index (Phi) is 2.14. The van der Waals surface area contributed by atoms with E-state index >= 15 is 0 Å². The summed E-state index contributed by atoms with van der Waals surface area (Å²) in [6.45, 7) is 0. The first-order chi connectivity index (χ1) is 5.15. The molecule has 0 N–H and O–H groups in total. The minimum Gasteiger partial charge on any atom is -0.464 e. The van der Waals surface area contributed by atoms with Crippen LogP contribution in [0.5, 0.6) is 0 Å². The fourth-order valence-corrected chi connectivity index (χ4v) is 0.790. The van der Waals surface area contributed by atoms with Crippen LogP contribution < -0.4 is 0 Å². The highest BCUT2D eigenvalue weighted by Crippen LogP contribution is 2.09. The summed E-state index contributed by atoms with van der Waals surface area (Å²) in [7, 11) is 2.94. The molecule has 5 heteroatoms. The van der Waals surface area contributed by atoms with Crippen LogP contribution in [0.3, 0.4) is 0 Å². The van der Waals surface area contributed by atoms with E-state index in [4.69, 9.17) is 11.6 Å². The molecule has 0 bridgehead atoms. The third-order valence-corrected chi connectivity index (χ3v) is 1.57. The number of aryl methyl sites for hydroxylation is 1. The van der Waals surface area contributed by atoms with Gasteiger partial charge >= 0.3 is 5.97 Å². The van der Waals surface area contributed by atoms with Gasteiger partial charge in [0.15, 0.2) is 5.69 Å². The number of esters is 1. The average Bonchev–Trinajstić information content (AvgIpc) is 2.31. The lowest BCUT2D eigenvalue weighted by Gasteiger charge is -1.90. The van der Waals surface area contributed by atoms with E-state index in [0.717, 1.165) is 0 Å². The molecule has 0 radical (unpaired) electrons. The summed E-state index contributed by atoms with van der Waals surface area (Å²) in [4.78, 5) is 10.8. The molecule has 0 saturated heterocycles. The Morgan fingerprint density at radius 3 is 2.82 bits per heavy atom. The van der Waals surface area contributed by atoms with Crippen molar-refractivity contribution in [3.8, 4) is 0 Å². The Balaban J connectivity index is 2.97. The van der Waals surface area contributed by atoms with Crippen LogP contribution in [0.1, 0.15) is 10.5 Å². The number of carbonyl (C=O) groups is 1. The lowest BCUT2D eigenvalue weighted by atomic mass is 10.4. The third kappa shape index (κ3) is 1.51. The summed E-state index contributed by atoms with van der Waals surface area (Å²) >= 11 is 5.62. The number of nitrogens with zero attached hydrogens (tertiary/aromatic N) is 2. The number of methoxy groups -OCH3 is 1. The van der Waals surface area contributed by atoms with E-state index in [9.17, 15) is 4.79 Å². The molecular formula is C6H7ClN2O2. The first-order valence-electron chi connectivity index (χ1n) is 2.93. The van der Waals surface area contributed by atoms with E-state index in [-0.39, 0.29) is 5.69 Å². The zero-order valence-corrected chi connectivity index (χ0v) is 6.92. The average molecular weight is 175 g/mol. The van der Waals surface area contributed by atoms with Crippen molar-refractivity contribution in [2.75, 3.05) is 7.11 Å². The molecule has 0 atom stereocenters. The number of aromatic nitrogens is 2. The molecule has 1 heterocycles. The van der Waals surface area contributed by atoms with E-state index in [2.05, 4.69) is 9.84 Å². The molecule has 0 aliphatic heterocycles. The molecule has 60 valence electrons. The van der Waals surface area contributed by atoms with Crippen molar-refractivity contribution < 1.29 is 9.53 Å². The van der Waals surface area contributed by atoms with Crippen molar-refractivity contribution in [1.29, 1.82) is 0 Å². The van der Waals surface area contributed by atoms with Gasteiger partial charge in [-0.05, 0) is 0 Å². The van der Waals surface area contributed by atoms with Gasteiger partial charge in [0.05, 0.1) is 7.11 Å². The highest BCUT2D eigenvalue weighted by Gasteiger charge is 2.10. The summed E-state index contributed by atoms with van der Waals surface area (Å²) < 4.78 is 5.83. The van der Waals surface area contributed by atoms with Crippen molar-refractivity contribution >= 4 is 17.6 Å². The second kappa shape index (κ2) is 2.92. The van der Waals surface area contributed by atoms with Crippen LogP contribution in [0.4, 0.5) is 0 Å². The lowest BCUT2D eigenvalue weighted by molar-refractivity contribution is 0.0593. The monoisotopic (exact) mass is 174 g/mol. The molecule has 0 aliphatic rings. The molecule has 1 aromatic heterocycles. The van der Waals surface area contributed by atoms with E-state index in [0.29, 0.717) is 5.15 Å². The maximum Gasteiger partial charge on any atom is 0.358 e. The Bertz CT molecular complexity index is 263. The van der Waals surface area contributed by atoms with E-state index in [1.165, 1.54) is 17.9 Å². The van der Waals surface area contributed by atoms with Gasteiger partial charge in [0.2, 0.25) is 0 Å². The molecular weight excluding hydrogens is 168 g/mol. The van der Waals surface area contributed by atoms with Crippen molar-refractivity contribution in [3.63, 3.8) is 0 Å². The minimum absolute atomic E-state index is 0.222. The predicted molar refractivity (Wildman–Crippen MR) is 39.6 cm³/mol. The van der Waals surface area contributed by atoms with E-state index in [1.807, 2.05) is 0 Å². The van der Waals surface area contributed by atoms with Gasteiger partial charge in [-0.2, -0.15) is 5.10 Å². The lowest BCUT2D eigenvalue weighted by Crippen LogP contribution is -2.02. The third-order valence-electron chi connectivity index (χ3n) is 1.22. The zero-order valence-electron chi connectivity index (χ0n) is 6.17. The maximum absolute atomic E-state index is 10.8. The number of ether oxygens (including phenoxy) is 1. The number of rotatable bonds is 1. The molecule has 11 heavy (non-hydrogen) atoms. The summed E-state index contributed by atoms with van der Waals surface area (Å²) in [5.74, 6) is -0.479. The normalized spacial score (nSPS) is 9.73. The van der Waals surface area contributed by atoms with Crippen LogP contribution in [0.2, 0.25) is 5.15 Å². The quantitative estimate of drug-likeness (QED) is 0.594. The van der Waals surface area contributed by atoms with Crippen molar-refractivity contribution in [3.05, 3.63) is 16.9 Å². The minimum atomic E-state index is -0.479. The second-order valence-corrected chi connectivity index (χ2v) is 2.35. The van der Waals surface area contributed by atoms with Crippen LogP contribution in [0, 0.1) is 0 Å². The van der Waals surface area contributed by atoms with Crippen molar-refractivity contribution in [2.24, 2.45) is 7.05 Å². The molecule has 4 nitrogen and oxygen atoms in total. The zero-order chi connectivity index (χ0) is 8.43. The molecule has 0 unspecified atom stereocenters. The van der Waals surface area contributed by atoms with Gasteiger partial charge < -0.3 is 4.74 Å². The van der Waals surface area contributed by atoms with E-state index in [1.54, 1.807) is 7.05 Å². The van der Waals surface area contributed by atoms with Crippen LogP contribution in [-0.4, -0.2) is 22.9 Å². The van der Waals surface area contributed by atoms with Gasteiger partial charge in [-0.25, -0.2) is 4.79 Å². The number of hydrogen-bond acceptors (Lipinski definition) is 3. The highest BCUT2D eigenvalue weighted by molar-refractivity contribution is 6.29. The van der Waals surface area contributed by atoms with Crippen LogP contribution in [-0.2, 0) is 11.8 Å². The van der Waals surface area contributed by atoms with Gasteiger partial charge in [0.1, 0.15) is 5.15 Å². The molecule has 1 aromatic rings. The largest absolute Gasteiger partial charge is 0.464 e. The number of halogens is 1. The summed E-state index contributed by atoms with van der Waals surface area (Å²) in [5, 5.41) is 4.20. The highest BCUT2D eigenvalue weighted by atomic mass is 35.5. The van der Waals surface area contributed by atoms with E-state index < -0.39 is 5.97 Å². The smallest absolute Gasteiger partial charge is 0.358 e. The second-order valence-electron chi connectivity index (χ2n) is 1.97. The molecule has 0 fully saturated rings. The Morgan fingerprint density at radius 2 is 2.45 bits per heavy atom. The molecule has 0 aliphatic carbocycles.